The highest BCUT2D eigenvalue weighted by atomic mass is 79.9. The molecule has 0 aliphatic heterocycles. The summed E-state index contributed by atoms with van der Waals surface area (Å²) in [7, 11) is 0. The third kappa shape index (κ3) is 5.81. The Hall–Kier alpha value is -3.24. The molecule has 0 radical (unpaired) electrons. The fourth-order valence-electron chi connectivity index (χ4n) is 3.45. The number of hydrogen-bond acceptors (Lipinski definition) is 6. The summed E-state index contributed by atoms with van der Waals surface area (Å²) in [5, 5.41) is 20.0. The Morgan fingerprint density at radius 2 is 1.91 bits per heavy atom. The number of hydrogen-bond donors (Lipinski definition) is 0. The van der Waals surface area contributed by atoms with Crippen molar-refractivity contribution in [3.63, 3.8) is 0 Å². The minimum atomic E-state index is -0.610. The highest BCUT2D eigenvalue weighted by Crippen LogP contribution is 2.41. The van der Waals surface area contributed by atoms with Crippen molar-refractivity contribution in [1.82, 2.24) is 14.8 Å². The topological polar surface area (TPSA) is 83.1 Å². The van der Waals surface area contributed by atoms with Crippen LogP contribution >= 0.6 is 27.7 Å². The van der Waals surface area contributed by atoms with Crippen molar-refractivity contribution in [3.8, 4) is 11.4 Å². The summed E-state index contributed by atoms with van der Waals surface area (Å²) < 4.78 is 22.2. The van der Waals surface area contributed by atoms with Gasteiger partial charge in [0.25, 0.3) is 0 Å². The molecule has 0 aliphatic carbocycles. The van der Waals surface area contributed by atoms with Crippen LogP contribution in [0.4, 0.5) is 4.39 Å². The molecule has 4 rings (SSSR count). The lowest BCUT2D eigenvalue weighted by Gasteiger charge is -2.18. The average molecular weight is 543 g/mol. The lowest BCUT2D eigenvalue weighted by Crippen LogP contribution is -2.12. The summed E-state index contributed by atoms with van der Waals surface area (Å²) in [6, 6.07) is 21.1. The highest BCUT2D eigenvalue weighted by molar-refractivity contribution is 9.10. The minimum Gasteiger partial charge on any atom is -0.489 e. The van der Waals surface area contributed by atoms with E-state index in [1.165, 1.54) is 23.9 Å². The molecule has 0 fully saturated rings. The summed E-state index contributed by atoms with van der Waals surface area (Å²) in [5.41, 5.74) is 2.16. The summed E-state index contributed by atoms with van der Waals surface area (Å²) in [5.74, 6) is 0.800. The molecule has 3 aromatic carbocycles. The Morgan fingerprint density at radius 3 is 2.65 bits per heavy atom. The first-order valence-electron chi connectivity index (χ1n) is 10.3. The molecule has 1 aromatic heterocycles. The maximum absolute atomic E-state index is 13.6. The van der Waals surface area contributed by atoms with Crippen molar-refractivity contribution in [2.75, 3.05) is 6.54 Å². The minimum absolute atomic E-state index is 0.127. The number of nitro groups is 1. The van der Waals surface area contributed by atoms with E-state index in [9.17, 15) is 14.5 Å². The second-order valence-electron chi connectivity index (χ2n) is 7.42. The number of aryl methyl sites for hydroxylation is 1. The largest absolute Gasteiger partial charge is 0.489 e. The molecule has 174 valence electrons. The Morgan fingerprint density at radius 1 is 1.12 bits per heavy atom. The molecule has 0 aliphatic rings. The van der Waals surface area contributed by atoms with Crippen LogP contribution in [0.25, 0.3) is 5.69 Å². The first-order valence-corrected chi connectivity index (χ1v) is 12.0. The third-order valence-electron chi connectivity index (χ3n) is 4.97. The van der Waals surface area contributed by atoms with E-state index >= 15 is 0 Å². The molecule has 10 heteroatoms. The Labute approximate surface area is 208 Å². The molecule has 0 N–H and O–H groups in total. The number of aromatic nitrogens is 3. The number of thioether (sulfide) groups is 1. The van der Waals surface area contributed by atoms with Crippen molar-refractivity contribution >= 4 is 27.7 Å². The van der Waals surface area contributed by atoms with Crippen LogP contribution in [0.1, 0.15) is 22.2 Å². The van der Waals surface area contributed by atoms with Gasteiger partial charge in [0.05, 0.1) is 0 Å². The van der Waals surface area contributed by atoms with Crippen molar-refractivity contribution in [3.05, 3.63) is 110 Å². The van der Waals surface area contributed by atoms with E-state index in [0.29, 0.717) is 27.9 Å². The van der Waals surface area contributed by atoms with Gasteiger partial charge in [-0.3, -0.25) is 14.7 Å². The van der Waals surface area contributed by atoms with Gasteiger partial charge < -0.3 is 4.74 Å². The zero-order valence-corrected chi connectivity index (χ0v) is 20.5. The quantitative estimate of drug-likeness (QED) is 0.143. The molecule has 0 saturated carbocycles. The number of para-hydroxylation sites is 1. The van der Waals surface area contributed by atoms with Crippen LogP contribution in [0.2, 0.25) is 0 Å². The van der Waals surface area contributed by atoms with E-state index in [2.05, 4.69) is 26.1 Å². The SMILES string of the molecule is Cc1nnc(S[C@@H](C[N+](=O)[O-])c2cc(Br)ccc2OCc2cccc(F)c2)n1-c1ccccc1. The van der Waals surface area contributed by atoms with Gasteiger partial charge in [-0.25, -0.2) is 4.39 Å². The average Bonchev–Trinajstić information content (AvgIpc) is 3.18. The van der Waals surface area contributed by atoms with Crippen molar-refractivity contribution in [2.24, 2.45) is 0 Å². The van der Waals surface area contributed by atoms with E-state index in [1.807, 2.05) is 41.8 Å². The number of halogens is 2. The first-order chi connectivity index (χ1) is 16.4. The van der Waals surface area contributed by atoms with Gasteiger partial charge in [0, 0.05) is 20.6 Å². The lowest BCUT2D eigenvalue weighted by molar-refractivity contribution is -0.479. The fourth-order valence-corrected chi connectivity index (χ4v) is 5.02. The van der Waals surface area contributed by atoms with Gasteiger partial charge in [0.15, 0.2) is 5.16 Å². The van der Waals surface area contributed by atoms with Crippen LogP contribution in [0, 0.1) is 22.9 Å². The molecule has 0 amide bonds. The van der Waals surface area contributed by atoms with Crippen LogP contribution < -0.4 is 4.74 Å². The van der Waals surface area contributed by atoms with E-state index < -0.39 is 5.25 Å². The van der Waals surface area contributed by atoms with Gasteiger partial charge in [0.1, 0.15) is 29.2 Å². The molecule has 1 atom stereocenters. The number of nitrogens with zero attached hydrogens (tertiary/aromatic N) is 4. The van der Waals surface area contributed by atoms with Crippen LogP contribution in [0.15, 0.2) is 82.4 Å². The molecule has 34 heavy (non-hydrogen) atoms. The van der Waals surface area contributed by atoms with Crippen LogP contribution in [0.3, 0.4) is 0 Å². The Balaban J connectivity index is 1.67. The van der Waals surface area contributed by atoms with Gasteiger partial charge in [-0.15, -0.1) is 10.2 Å². The van der Waals surface area contributed by atoms with Gasteiger partial charge in [-0.2, -0.15) is 0 Å². The van der Waals surface area contributed by atoms with E-state index in [1.54, 1.807) is 30.3 Å². The number of rotatable bonds is 9. The molecular formula is C24H20BrFN4O3S. The molecule has 0 unspecified atom stereocenters. The summed E-state index contributed by atoms with van der Waals surface area (Å²) in [6.45, 7) is 1.61. The maximum atomic E-state index is 13.6. The van der Waals surface area contributed by atoms with Crippen molar-refractivity contribution in [2.45, 2.75) is 23.9 Å². The first kappa shape index (κ1) is 23.9. The molecule has 0 saturated heterocycles. The highest BCUT2D eigenvalue weighted by Gasteiger charge is 2.27. The van der Waals surface area contributed by atoms with Gasteiger partial charge >= 0.3 is 0 Å². The summed E-state index contributed by atoms with van der Waals surface area (Å²) >= 11 is 4.71. The van der Waals surface area contributed by atoms with Gasteiger partial charge in [0.2, 0.25) is 6.54 Å². The maximum Gasteiger partial charge on any atom is 0.220 e. The molecule has 0 spiro atoms. The van der Waals surface area contributed by atoms with E-state index in [-0.39, 0.29) is 23.9 Å². The molecule has 1 heterocycles. The Kier molecular flexibility index (Phi) is 7.59. The van der Waals surface area contributed by atoms with Crippen LogP contribution in [0.5, 0.6) is 5.75 Å². The third-order valence-corrected chi connectivity index (χ3v) is 6.63. The second-order valence-corrected chi connectivity index (χ2v) is 9.51. The predicted molar refractivity (Wildman–Crippen MR) is 131 cm³/mol. The van der Waals surface area contributed by atoms with Crippen LogP contribution in [-0.2, 0) is 6.61 Å². The Bertz CT molecular complexity index is 1300. The van der Waals surface area contributed by atoms with E-state index in [0.717, 1.165) is 10.2 Å². The molecular weight excluding hydrogens is 523 g/mol. The number of benzene rings is 3. The van der Waals surface area contributed by atoms with Gasteiger partial charge in [-0.05, 0) is 55.0 Å². The fraction of sp³-hybridized carbons (Fsp3) is 0.167. The zero-order chi connectivity index (χ0) is 24.1. The lowest BCUT2D eigenvalue weighted by atomic mass is 10.1. The predicted octanol–water partition coefficient (Wildman–Crippen LogP) is 6.17. The normalized spacial score (nSPS) is 11.9. The standard InChI is InChI=1S/C24H20BrFN4O3S/c1-16-27-28-24(30(16)20-8-3-2-4-9-20)34-23(14-29(31)32)21-13-18(25)10-11-22(21)33-15-17-6-5-7-19(26)12-17/h2-13,23H,14-15H2,1H3/t23-/m0/s1. The molecule has 0 bridgehead atoms. The monoisotopic (exact) mass is 542 g/mol. The molecule has 4 aromatic rings. The van der Waals surface area contributed by atoms with Gasteiger partial charge in [-0.1, -0.05) is 58.0 Å². The van der Waals surface area contributed by atoms with Crippen LogP contribution in [-0.4, -0.2) is 26.2 Å². The van der Waals surface area contributed by atoms with Crippen molar-refractivity contribution < 1.29 is 14.1 Å². The molecule has 7 nitrogen and oxygen atoms in total. The second kappa shape index (κ2) is 10.8. The summed E-state index contributed by atoms with van der Waals surface area (Å²) in [4.78, 5) is 11.2. The zero-order valence-electron chi connectivity index (χ0n) is 18.1. The van der Waals surface area contributed by atoms with Crippen molar-refractivity contribution in [1.29, 1.82) is 0 Å². The number of ether oxygens (including phenoxy) is 1. The van der Waals surface area contributed by atoms with E-state index in [4.69, 9.17) is 4.74 Å². The summed E-state index contributed by atoms with van der Waals surface area (Å²) in [6.07, 6.45) is 0. The smallest absolute Gasteiger partial charge is 0.220 e.